The number of hydrogen-bond acceptors (Lipinski definition) is 3. The number of aryl methyl sites for hydroxylation is 1. The van der Waals surface area contributed by atoms with Crippen LogP contribution in [0.1, 0.15) is 21.7 Å². The highest BCUT2D eigenvalue weighted by atomic mass is 32.1. The van der Waals surface area contributed by atoms with Crippen molar-refractivity contribution in [3.05, 3.63) is 76.4 Å². The first-order valence-corrected chi connectivity index (χ1v) is 8.63. The molecule has 1 N–H and O–H groups in total. The van der Waals surface area contributed by atoms with E-state index in [-0.39, 0.29) is 12.1 Å². The number of thiazole rings is 1. The minimum Gasteiger partial charge on any atom is -0.306 e. The standard InChI is InChI=1S/C19H17F3N2S/c1-13-6-8-14(9-7-13)17-11-24-18(25-17)12-23-10-15-4-2-3-5-16(15)19(20,21)22/h2-9,11,23H,10,12H2,1H3. The molecular formula is C19H17F3N2S. The summed E-state index contributed by atoms with van der Waals surface area (Å²) in [6, 6.07) is 13.8. The molecule has 0 fully saturated rings. The molecule has 2 aromatic carbocycles. The first-order valence-electron chi connectivity index (χ1n) is 7.81. The lowest BCUT2D eigenvalue weighted by molar-refractivity contribution is -0.138. The van der Waals surface area contributed by atoms with Crippen LogP contribution in [0.2, 0.25) is 0 Å². The van der Waals surface area contributed by atoms with Crippen molar-refractivity contribution in [2.75, 3.05) is 0 Å². The van der Waals surface area contributed by atoms with Gasteiger partial charge in [0.25, 0.3) is 0 Å². The monoisotopic (exact) mass is 362 g/mol. The summed E-state index contributed by atoms with van der Waals surface area (Å²) in [6.07, 6.45) is -2.53. The lowest BCUT2D eigenvalue weighted by Gasteiger charge is -2.12. The first kappa shape index (κ1) is 17.6. The molecule has 0 unspecified atom stereocenters. The molecule has 0 aliphatic heterocycles. The summed E-state index contributed by atoms with van der Waals surface area (Å²) in [7, 11) is 0. The highest BCUT2D eigenvalue weighted by Gasteiger charge is 2.32. The number of nitrogens with zero attached hydrogens (tertiary/aromatic N) is 1. The van der Waals surface area contributed by atoms with E-state index in [1.54, 1.807) is 23.6 Å². The van der Waals surface area contributed by atoms with Gasteiger partial charge in [-0.2, -0.15) is 13.2 Å². The lowest BCUT2D eigenvalue weighted by Crippen LogP contribution is -2.17. The molecule has 6 heteroatoms. The zero-order valence-electron chi connectivity index (χ0n) is 13.6. The average molecular weight is 362 g/mol. The molecule has 0 amide bonds. The van der Waals surface area contributed by atoms with Gasteiger partial charge in [0.1, 0.15) is 5.01 Å². The lowest BCUT2D eigenvalue weighted by atomic mass is 10.1. The van der Waals surface area contributed by atoms with E-state index in [1.807, 2.05) is 31.2 Å². The van der Waals surface area contributed by atoms with E-state index < -0.39 is 11.7 Å². The van der Waals surface area contributed by atoms with Crippen molar-refractivity contribution in [2.45, 2.75) is 26.2 Å². The summed E-state index contributed by atoms with van der Waals surface area (Å²) in [5.74, 6) is 0. The highest BCUT2D eigenvalue weighted by Crippen LogP contribution is 2.32. The summed E-state index contributed by atoms with van der Waals surface area (Å²) in [5, 5.41) is 3.90. The van der Waals surface area contributed by atoms with Crippen molar-refractivity contribution in [1.29, 1.82) is 0 Å². The van der Waals surface area contributed by atoms with Gasteiger partial charge in [-0.15, -0.1) is 11.3 Å². The Balaban J connectivity index is 1.63. The van der Waals surface area contributed by atoms with Gasteiger partial charge in [-0.1, -0.05) is 48.0 Å². The first-order chi connectivity index (χ1) is 11.9. The second-order valence-electron chi connectivity index (χ2n) is 5.74. The van der Waals surface area contributed by atoms with Gasteiger partial charge in [-0.25, -0.2) is 4.98 Å². The Bertz CT molecular complexity index is 838. The number of benzene rings is 2. The van der Waals surface area contributed by atoms with Crippen molar-refractivity contribution in [2.24, 2.45) is 0 Å². The molecule has 0 radical (unpaired) electrons. The summed E-state index contributed by atoms with van der Waals surface area (Å²) >= 11 is 1.54. The van der Waals surface area contributed by atoms with Crippen molar-refractivity contribution in [1.82, 2.24) is 10.3 Å². The van der Waals surface area contributed by atoms with E-state index in [2.05, 4.69) is 10.3 Å². The number of halogens is 3. The number of alkyl halides is 3. The fourth-order valence-electron chi connectivity index (χ4n) is 2.50. The average Bonchev–Trinajstić information content (AvgIpc) is 3.04. The van der Waals surface area contributed by atoms with Crippen LogP contribution in [0.3, 0.4) is 0 Å². The Labute approximate surface area is 148 Å². The molecule has 0 aliphatic carbocycles. The Hall–Kier alpha value is -2.18. The zero-order valence-corrected chi connectivity index (χ0v) is 14.4. The minimum atomic E-state index is -4.34. The van der Waals surface area contributed by atoms with E-state index >= 15 is 0 Å². The number of aromatic nitrogens is 1. The summed E-state index contributed by atoms with van der Waals surface area (Å²) in [6.45, 7) is 2.61. The van der Waals surface area contributed by atoms with E-state index in [4.69, 9.17) is 0 Å². The molecule has 0 saturated heterocycles. The third-order valence-corrected chi connectivity index (χ3v) is 4.85. The van der Waals surface area contributed by atoms with Crippen LogP contribution >= 0.6 is 11.3 Å². The highest BCUT2D eigenvalue weighted by molar-refractivity contribution is 7.15. The molecule has 130 valence electrons. The number of hydrogen-bond donors (Lipinski definition) is 1. The van der Waals surface area contributed by atoms with Crippen molar-refractivity contribution in [3.8, 4) is 10.4 Å². The second-order valence-corrected chi connectivity index (χ2v) is 6.86. The Morgan fingerprint density at radius 2 is 1.72 bits per heavy atom. The minimum absolute atomic E-state index is 0.148. The normalized spacial score (nSPS) is 11.7. The van der Waals surface area contributed by atoms with Crippen molar-refractivity contribution < 1.29 is 13.2 Å². The van der Waals surface area contributed by atoms with Crippen LogP contribution in [0.25, 0.3) is 10.4 Å². The largest absolute Gasteiger partial charge is 0.416 e. The van der Waals surface area contributed by atoms with Crippen LogP contribution in [-0.4, -0.2) is 4.98 Å². The van der Waals surface area contributed by atoms with Gasteiger partial charge in [-0.3, -0.25) is 0 Å². The van der Waals surface area contributed by atoms with E-state index in [0.717, 1.165) is 21.5 Å². The zero-order chi connectivity index (χ0) is 17.9. The van der Waals surface area contributed by atoms with Crippen LogP contribution < -0.4 is 5.32 Å². The summed E-state index contributed by atoms with van der Waals surface area (Å²) < 4.78 is 38.9. The topological polar surface area (TPSA) is 24.9 Å². The molecular weight excluding hydrogens is 345 g/mol. The van der Waals surface area contributed by atoms with Crippen LogP contribution in [0.4, 0.5) is 13.2 Å². The van der Waals surface area contributed by atoms with Crippen molar-refractivity contribution in [3.63, 3.8) is 0 Å². The molecule has 0 saturated carbocycles. The van der Waals surface area contributed by atoms with E-state index in [9.17, 15) is 13.2 Å². The van der Waals surface area contributed by atoms with Crippen LogP contribution in [-0.2, 0) is 19.3 Å². The third kappa shape index (κ3) is 4.46. The van der Waals surface area contributed by atoms with Gasteiger partial charge in [0, 0.05) is 19.3 Å². The molecule has 0 aliphatic rings. The fraction of sp³-hybridized carbons (Fsp3) is 0.211. The number of rotatable bonds is 5. The van der Waals surface area contributed by atoms with Gasteiger partial charge >= 0.3 is 6.18 Å². The molecule has 0 spiro atoms. The summed E-state index contributed by atoms with van der Waals surface area (Å²) in [5.41, 5.74) is 1.93. The van der Waals surface area contributed by atoms with Crippen LogP contribution in [0.5, 0.6) is 0 Å². The van der Waals surface area contributed by atoms with Gasteiger partial charge in [0.15, 0.2) is 0 Å². The van der Waals surface area contributed by atoms with Crippen molar-refractivity contribution >= 4 is 11.3 Å². The predicted octanol–water partition coefficient (Wildman–Crippen LogP) is 5.43. The predicted molar refractivity (Wildman–Crippen MR) is 94.3 cm³/mol. The fourth-order valence-corrected chi connectivity index (χ4v) is 3.39. The van der Waals surface area contributed by atoms with Gasteiger partial charge < -0.3 is 5.32 Å². The third-order valence-electron chi connectivity index (χ3n) is 3.80. The quantitative estimate of drug-likeness (QED) is 0.655. The molecule has 0 bridgehead atoms. The van der Waals surface area contributed by atoms with Gasteiger partial charge in [0.05, 0.1) is 10.4 Å². The maximum absolute atomic E-state index is 13.0. The SMILES string of the molecule is Cc1ccc(-c2cnc(CNCc3ccccc3C(F)(F)F)s2)cc1. The maximum atomic E-state index is 13.0. The van der Waals surface area contributed by atoms with Crippen LogP contribution in [0.15, 0.2) is 54.7 Å². The smallest absolute Gasteiger partial charge is 0.306 e. The molecule has 0 atom stereocenters. The maximum Gasteiger partial charge on any atom is 0.416 e. The van der Waals surface area contributed by atoms with Crippen LogP contribution in [0, 0.1) is 6.92 Å². The number of nitrogens with one attached hydrogen (secondary N) is 1. The van der Waals surface area contributed by atoms with E-state index in [0.29, 0.717) is 6.54 Å². The van der Waals surface area contributed by atoms with Gasteiger partial charge in [-0.05, 0) is 24.1 Å². The Kier molecular flexibility index (Phi) is 5.20. The molecule has 3 rings (SSSR count). The van der Waals surface area contributed by atoms with Gasteiger partial charge in [0.2, 0.25) is 0 Å². The Morgan fingerprint density at radius 3 is 2.44 bits per heavy atom. The Morgan fingerprint density at radius 1 is 1.00 bits per heavy atom. The molecule has 1 aromatic heterocycles. The van der Waals surface area contributed by atoms with E-state index in [1.165, 1.54) is 17.7 Å². The second kappa shape index (κ2) is 7.37. The molecule has 2 nitrogen and oxygen atoms in total. The summed E-state index contributed by atoms with van der Waals surface area (Å²) in [4.78, 5) is 5.40. The molecule has 3 aromatic rings. The molecule has 1 heterocycles. The molecule has 25 heavy (non-hydrogen) atoms.